The summed E-state index contributed by atoms with van der Waals surface area (Å²) in [6, 6.07) is 10.8. The Morgan fingerprint density at radius 1 is 1.34 bits per heavy atom. The van der Waals surface area contributed by atoms with Gasteiger partial charge in [0.05, 0.1) is 29.9 Å². The molecule has 1 aliphatic heterocycles. The van der Waals surface area contributed by atoms with Crippen LogP contribution in [0.1, 0.15) is 19.1 Å². The van der Waals surface area contributed by atoms with Gasteiger partial charge < -0.3 is 20.0 Å². The van der Waals surface area contributed by atoms with E-state index in [1.54, 1.807) is 17.2 Å². The van der Waals surface area contributed by atoms with Crippen LogP contribution in [0.25, 0.3) is 0 Å². The second-order valence-corrected chi connectivity index (χ2v) is 8.68. The summed E-state index contributed by atoms with van der Waals surface area (Å²) in [6.45, 7) is 2.40. The number of para-hydroxylation sites is 2. The van der Waals surface area contributed by atoms with E-state index in [9.17, 15) is 9.59 Å². The summed E-state index contributed by atoms with van der Waals surface area (Å²) in [5, 5.41) is 14.9. The highest BCUT2D eigenvalue weighted by molar-refractivity contribution is 8.01. The smallest absolute Gasteiger partial charge is 0.237 e. The first kappa shape index (κ1) is 19.5. The van der Waals surface area contributed by atoms with Gasteiger partial charge in [0.15, 0.2) is 4.34 Å². The molecule has 2 aromatic heterocycles. The summed E-state index contributed by atoms with van der Waals surface area (Å²) >= 11 is 2.72. The molecule has 0 bridgehead atoms. The lowest BCUT2D eigenvalue weighted by Gasteiger charge is -2.27. The number of fused-ring (bicyclic) bond motifs is 1. The molecule has 3 aromatic rings. The van der Waals surface area contributed by atoms with Crippen molar-refractivity contribution in [1.29, 1.82) is 0 Å². The standard InChI is InChI=1S/C19H19N5O3S2/c1-12-9-16(25)21-14-6-2-3-7-15(14)24(12)17(26)11-28-19-23-22-18(29-19)20-10-13-5-4-8-27-13/h2-8,12H,9-11H2,1H3,(H,20,22)(H,21,25). The Bertz CT molecular complexity index is 1000. The number of anilines is 3. The fourth-order valence-corrected chi connectivity index (χ4v) is 4.68. The number of carbonyl (C=O) groups excluding carboxylic acids is 2. The van der Waals surface area contributed by atoms with Crippen molar-refractivity contribution in [2.24, 2.45) is 0 Å². The molecule has 0 fully saturated rings. The predicted molar refractivity (Wildman–Crippen MR) is 113 cm³/mol. The Hall–Kier alpha value is -2.85. The molecule has 2 amide bonds. The first-order chi connectivity index (χ1) is 14.1. The zero-order chi connectivity index (χ0) is 20.2. The van der Waals surface area contributed by atoms with Crippen LogP contribution in [0.4, 0.5) is 16.5 Å². The van der Waals surface area contributed by atoms with Crippen LogP contribution in [0.2, 0.25) is 0 Å². The van der Waals surface area contributed by atoms with E-state index in [1.165, 1.54) is 23.1 Å². The van der Waals surface area contributed by atoms with E-state index in [-0.39, 0.29) is 30.0 Å². The first-order valence-electron chi connectivity index (χ1n) is 9.03. The number of benzene rings is 1. The highest BCUT2D eigenvalue weighted by Gasteiger charge is 2.29. The average molecular weight is 430 g/mol. The number of hydrogen-bond donors (Lipinski definition) is 2. The highest BCUT2D eigenvalue weighted by Crippen LogP contribution is 2.33. The number of carbonyl (C=O) groups is 2. The van der Waals surface area contributed by atoms with Crippen LogP contribution in [0, 0.1) is 0 Å². The molecule has 4 rings (SSSR count). The van der Waals surface area contributed by atoms with Gasteiger partial charge in [0, 0.05) is 12.5 Å². The van der Waals surface area contributed by atoms with Crippen LogP contribution in [-0.2, 0) is 16.1 Å². The van der Waals surface area contributed by atoms with Crippen molar-refractivity contribution < 1.29 is 14.0 Å². The summed E-state index contributed by atoms with van der Waals surface area (Å²) in [5.74, 6) is 0.845. The Morgan fingerprint density at radius 3 is 3.03 bits per heavy atom. The van der Waals surface area contributed by atoms with Gasteiger partial charge in [-0.3, -0.25) is 9.59 Å². The molecule has 1 aromatic carbocycles. The third-order valence-corrected chi connectivity index (χ3v) is 6.35. The van der Waals surface area contributed by atoms with Crippen LogP contribution in [0.15, 0.2) is 51.4 Å². The van der Waals surface area contributed by atoms with E-state index in [0.717, 1.165) is 11.4 Å². The molecule has 2 N–H and O–H groups in total. The monoisotopic (exact) mass is 429 g/mol. The summed E-state index contributed by atoms with van der Waals surface area (Å²) < 4.78 is 5.97. The van der Waals surface area contributed by atoms with Crippen molar-refractivity contribution in [1.82, 2.24) is 10.2 Å². The topological polar surface area (TPSA) is 100 Å². The minimum atomic E-state index is -0.230. The van der Waals surface area contributed by atoms with Crippen LogP contribution in [-0.4, -0.2) is 33.8 Å². The summed E-state index contributed by atoms with van der Waals surface area (Å²) in [5.41, 5.74) is 1.37. The van der Waals surface area contributed by atoms with Gasteiger partial charge in [0.2, 0.25) is 16.9 Å². The predicted octanol–water partition coefficient (Wildman–Crippen LogP) is 3.60. The normalized spacial score (nSPS) is 16.1. The van der Waals surface area contributed by atoms with E-state index in [0.29, 0.717) is 21.7 Å². The molecule has 0 saturated heterocycles. The molecular formula is C19H19N5O3S2. The van der Waals surface area contributed by atoms with Crippen LogP contribution in [0.5, 0.6) is 0 Å². The molecule has 150 valence electrons. The van der Waals surface area contributed by atoms with Gasteiger partial charge in [-0.05, 0) is 31.2 Å². The second kappa shape index (κ2) is 8.66. The zero-order valence-corrected chi connectivity index (χ0v) is 17.3. The van der Waals surface area contributed by atoms with Crippen molar-refractivity contribution in [3.05, 3.63) is 48.4 Å². The van der Waals surface area contributed by atoms with E-state index in [4.69, 9.17) is 4.42 Å². The number of aromatic nitrogens is 2. The summed E-state index contributed by atoms with van der Waals surface area (Å²) in [4.78, 5) is 26.7. The Balaban J connectivity index is 1.40. The maximum atomic E-state index is 13.0. The summed E-state index contributed by atoms with van der Waals surface area (Å²) in [6.07, 6.45) is 1.87. The van der Waals surface area contributed by atoms with Gasteiger partial charge in [0.1, 0.15) is 5.76 Å². The van der Waals surface area contributed by atoms with Crippen LogP contribution < -0.4 is 15.5 Å². The number of hydrogen-bond acceptors (Lipinski definition) is 8. The van der Waals surface area contributed by atoms with Crippen molar-refractivity contribution in [3.8, 4) is 0 Å². The van der Waals surface area contributed by atoms with E-state index >= 15 is 0 Å². The number of thioether (sulfide) groups is 1. The molecule has 1 unspecified atom stereocenters. The van der Waals surface area contributed by atoms with Gasteiger partial charge in [-0.2, -0.15) is 0 Å². The number of furan rings is 1. The van der Waals surface area contributed by atoms with Gasteiger partial charge in [-0.15, -0.1) is 10.2 Å². The van der Waals surface area contributed by atoms with Crippen molar-refractivity contribution in [2.45, 2.75) is 30.3 Å². The number of rotatable bonds is 6. The molecule has 10 heteroatoms. The number of nitrogens with zero attached hydrogens (tertiary/aromatic N) is 3. The van der Waals surface area contributed by atoms with E-state index in [2.05, 4.69) is 20.8 Å². The minimum absolute atomic E-state index is 0.0771. The van der Waals surface area contributed by atoms with Crippen molar-refractivity contribution in [2.75, 3.05) is 21.3 Å². The van der Waals surface area contributed by atoms with Crippen LogP contribution in [0.3, 0.4) is 0 Å². The van der Waals surface area contributed by atoms with Gasteiger partial charge in [0.25, 0.3) is 0 Å². The van der Waals surface area contributed by atoms with Gasteiger partial charge in [-0.25, -0.2) is 0 Å². The van der Waals surface area contributed by atoms with Gasteiger partial charge >= 0.3 is 0 Å². The lowest BCUT2D eigenvalue weighted by atomic mass is 10.2. The molecule has 0 aliphatic carbocycles. The Labute approximate surface area is 175 Å². The van der Waals surface area contributed by atoms with Crippen LogP contribution >= 0.6 is 23.1 Å². The molecule has 3 heterocycles. The molecule has 0 saturated carbocycles. The third kappa shape index (κ3) is 4.60. The zero-order valence-electron chi connectivity index (χ0n) is 15.6. The lowest BCUT2D eigenvalue weighted by Crippen LogP contribution is -2.40. The maximum Gasteiger partial charge on any atom is 0.237 e. The largest absolute Gasteiger partial charge is 0.467 e. The van der Waals surface area contributed by atoms with E-state index < -0.39 is 0 Å². The molecule has 0 spiro atoms. The number of amides is 2. The molecule has 8 nitrogen and oxygen atoms in total. The number of nitrogens with one attached hydrogen (secondary N) is 2. The molecular weight excluding hydrogens is 410 g/mol. The second-order valence-electron chi connectivity index (χ2n) is 6.48. The SMILES string of the molecule is CC1CC(=O)Nc2ccccc2N1C(=O)CSc1nnc(NCc2ccco2)s1. The first-order valence-corrected chi connectivity index (χ1v) is 10.8. The maximum absolute atomic E-state index is 13.0. The Kier molecular flexibility index (Phi) is 5.81. The fourth-order valence-electron chi connectivity index (χ4n) is 3.08. The fraction of sp³-hybridized carbons (Fsp3) is 0.263. The van der Waals surface area contributed by atoms with Crippen molar-refractivity contribution in [3.63, 3.8) is 0 Å². The summed E-state index contributed by atoms with van der Waals surface area (Å²) in [7, 11) is 0. The quantitative estimate of drug-likeness (QED) is 0.578. The molecule has 1 aliphatic rings. The highest BCUT2D eigenvalue weighted by atomic mass is 32.2. The Morgan fingerprint density at radius 2 is 2.21 bits per heavy atom. The lowest BCUT2D eigenvalue weighted by molar-refractivity contribution is -0.117. The third-order valence-electron chi connectivity index (χ3n) is 4.35. The molecule has 29 heavy (non-hydrogen) atoms. The minimum Gasteiger partial charge on any atom is -0.467 e. The van der Waals surface area contributed by atoms with Gasteiger partial charge in [-0.1, -0.05) is 35.2 Å². The van der Waals surface area contributed by atoms with Crippen molar-refractivity contribution >= 4 is 51.4 Å². The average Bonchev–Trinajstić information content (AvgIpc) is 3.35. The molecule has 1 atom stereocenters. The molecule has 0 radical (unpaired) electrons. The van der Waals surface area contributed by atoms with E-state index in [1.807, 2.05) is 37.3 Å².